The second-order valence-corrected chi connectivity index (χ2v) is 4.41. The van der Waals surface area contributed by atoms with Gasteiger partial charge in [-0.25, -0.2) is 0 Å². The molecular weight excluding hydrogens is 324 g/mol. The van der Waals surface area contributed by atoms with Crippen molar-refractivity contribution in [3.8, 4) is 22.9 Å². The van der Waals surface area contributed by atoms with Crippen LogP contribution in [0.15, 0.2) is 42.5 Å². The highest BCUT2D eigenvalue weighted by molar-refractivity contribution is 5.76. The van der Waals surface area contributed by atoms with Crippen molar-refractivity contribution in [2.24, 2.45) is 0 Å². The van der Waals surface area contributed by atoms with Gasteiger partial charge in [-0.05, 0) is 24.3 Å². The predicted octanol–water partition coefficient (Wildman–Crippen LogP) is 5.14. The number of rotatable bonds is 2. The van der Waals surface area contributed by atoms with Crippen LogP contribution >= 0.6 is 0 Å². The Morgan fingerprint density at radius 2 is 1.52 bits per heavy atom. The van der Waals surface area contributed by atoms with Crippen LogP contribution in [-0.4, -0.2) is 6.36 Å². The number of nitriles is 1. The summed E-state index contributed by atoms with van der Waals surface area (Å²) in [4.78, 5) is 0. The van der Waals surface area contributed by atoms with Crippen molar-refractivity contribution in [1.82, 2.24) is 0 Å². The van der Waals surface area contributed by atoms with Gasteiger partial charge in [-0.15, -0.1) is 13.2 Å². The third kappa shape index (κ3) is 3.94. The molecule has 0 heterocycles. The molecule has 0 saturated carbocycles. The molecule has 0 unspecified atom stereocenters. The Balaban J connectivity index is 2.65. The standard InChI is InChI=1S/C15H7F6NO/c16-14(17,18)10-6-5-9(8-22)12(7-10)11-3-1-2-4-13(11)23-15(19,20)21/h1-7H. The van der Waals surface area contributed by atoms with Crippen molar-refractivity contribution >= 4 is 0 Å². The van der Waals surface area contributed by atoms with E-state index < -0.39 is 23.9 Å². The average Bonchev–Trinajstić information content (AvgIpc) is 2.44. The fraction of sp³-hybridized carbons (Fsp3) is 0.133. The lowest BCUT2D eigenvalue weighted by Gasteiger charge is -2.15. The lowest BCUT2D eigenvalue weighted by molar-refractivity contribution is -0.274. The van der Waals surface area contributed by atoms with Crippen LogP contribution in [0.4, 0.5) is 26.3 Å². The molecule has 8 heteroatoms. The van der Waals surface area contributed by atoms with Crippen molar-refractivity contribution in [2.45, 2.75) is 12.5 Å². The molecule has 0 bridgehead atoms. The van der Waals surface area contributed by atoms with E-state index in [9.17, 15) is 26.3 Å². The normalized spacial score (nSPS) is 11.9. The van der Waals surface area contributed by atoms with Crippen molar-refractivity contribution < 1.29 is 31.1 Å². The molecule has 2 aromatic carbocycles. The van der Waals surface area contributed by atoms with Gasteiger partial charge >= 0.3 is 12.5 Å². The zero-order valence-corrected chi connectivity index (χ0v) is 11.2. The highest BCUT2D eigenvalue weighted by Gasteiger charge is 2.34. The zero-order valence-electron chi connectivity index (χ0n) is 11.2. The molecule has 120 valence electrons. The second-order valence-electron chi connectivity index (χ2n) is 4.41. The van der Waals surface area contributed by atoms with E-state index in [-0.39, 0.29) is 16.7 Å². The van der Waals surface area contributed by atoms with E-state index in [0.29, 0.717) is 12.1 Å². The molecule has 0 amide bonds. The number of halogens is 6. The predicted molar refractivity (Wildman–Crippen MR) is 68.3 cm³/mol. The highest BCUT2D eigenvalue weighted by Crippen LogP contribution is 2.38. The number of nitrogens with zero attached hydrogens (tertiary/aromatic N) is 1. The van der Waals surface area contributed by atoms with Gasteiger partial charge in [0, 0.05) is 11.1 Å². The highest BCUT2D eigenvalue weighted by atomic mass is 19.4. The summed E-state index contributed by atoms with van der Waals surface area (Å²) < 4.78 is 79.5. The first-order valence-electron chi connectivity index (χ1n) is 6.08. The topological polar surface area (TPSA) is 33.0 Å². The molecule has 2 rings (SSSR count). The molecule has 23 heavy (non-hydrogen) atoms. The molecule has 2 aromatic rings. The van der Waals surface area contributed by atoms with E-state index >= 15 is 0 Å². The zero-order chi connectivity index (χ0) is 17.3. The monoisotopic (exact) mass is 331 g/mol. The summed E-state index contributed by atoms with van der Waals surface area (Å²) >= 11 is 0. The molecular formula is C15H7F6NO. The number of ether oxygens (including phenoxy) is 1. The molecule has 0 aromatic heterocycles. The van der Waals surface area contributed by atoms with E-state index in [1.807, 2.05) is 0 Å². The molecule has 0 N–H and O–H groups in total. The van der Waals surface area contributed by atoms with E-state index in [0.717, 1.165) is 18.2 Å². The van der Waals surface area contributed by atoms with Crippen LogP contribution < -0.4 is 4.74 Å². The molecule has 0 atom stereocenters. The van der Waals surface area contributed by atoms with Crippen LogP contribution in [0.2, 0.25) is 0 Å². The Kier molecular flexibility index (Phi) is 4.23. The van der Waals surface area contributed by atoms with E-state index in [2.05, 4.69) is 4.74 Å². The van der Waals surface area contributed by atoms with Gasteiger partial charge < -0.3 is 4.74 Å². The minimum atomic E-state index is -5.01. The van der Waals surface area contributed by atoms with Crippen molar-refractivity contribution in [3.63, 3.8) is 0 Å². The Labute approximate surface area is 126 Å². The van der Waals surface area contributed by atoms with Gasteiger partial charge in [0.25, 0.3) is 0 Å². The summed E-state index contributed by atoms with van der Waals surface area (Å²) in [5, 5.41) is 9.00. The summed E-state index contributed by atoms with van der Waals surface area (Å²) in [5.74, 6) is -0.684. The van der Waals surface area contributed by atoms with Crippen molar-refractivity contribution in [3.05, 3.63) is 53.6 Å². The van der Waals surface area contributed by atoms with E-state index in [4.69, 9.17) is 5.26 Å². The quantitative estimate of drug-likeness (QED) is 0.714. The number of hydrogen-bond acceptors (Lipinski definition) is 2. The summed E-state index contributed by atoms with van der Waals surface area (Å²) in [5.41, 5.74) is -1.82. The molecule has 0 spiro atoms. The van der Waals surface area contributed by atoms with Crippen LogP contribution in [-0.2, 0) is 6.18 Å². The van der Waals surface area contributed by atoms with Crippen LogP contribution in [0.3, 0.4) is 0 Å². The first-order valence-corrected chi connectivity index (χ1v) is 6.08. The maximum absolute atomic E-state index is 12.8. The maximum atomic E-state index is 12.8. The Hall–Kier alpha value is -2.69. The smallest absolute Gasteiger partial charge is 0.405 e. The fourth-order valence-electron chi connectivity index (χ4n) is 1.94. The van der Waals surface area contributed by atoms with Crippen LogP contribution in [0.25, 0.3) is 11.1 Å². The first-order chi connectivity index (χ1) is 10.6. The molecule has 2 nitrogen and oxygen atoms in total. The van der Waals surface area contributed by atoms with Crippen molar-refractivity contribution in [2.75, 3.05) is 0 Å². The van der Waals surface area contributed by atoms with Crippen LogP contribution in [0, 0.1) is 11.3 Å². The van der Waals surface area contributed by atoms with E-state index in [1.165, 1.54) is 12.1 Å². The SMILES string of the molecule is N#Cc1ccc(C(F)(F)F)cc1-c1ccccc1OC(F)(F)F. The Bertz CT molecular complexity index is 758. The van der Waals surface area contributed by atoms with Crippen molar-refractivity contribution in [1.29, 1.82) is 5.26 Å². The second kappa shape index (κ2) is 5.83. The number of alkyl halides is 6. The third-order valence-electron chi connectivity index (χ3n) is 2.87. The minimum absolute atomic E-state index is 0.198. The largest absolute Gasteiger partial charge is 0.573 e. The Morgan fingerprint density at radius 1 is 0.870 bits per heavy atom. The van der Waals surface area contributed by atoms with Crippen LogP contribution in [0.1, 0.15) is 11.1 Å². The van der Waals surface area contributed by atoms with Gasteiger partial charge in [0.15, 0.2) is 0 Å². The molecule has 0 aliphatic rings. The van der Waals surface area contributed by atoms with Gasteiger partial charge in [-0.1, -0.05) is 18.2 Å². The summed E-state index contributed by atoms with van der Waals surface area (Å²) in [6.45, 7) is 0. The third-order valence-corrected chi connectivity index (χ3v) is 2.87. The number of para-hydroxylation sites is 1. The number of benzene rings is 2. The summed E-state index contributed by atoms with van der Waals surface area (Å²) in [6, 6.07) is 8.56. The minimum Gasteiger partial charge on any atom is -0.405 e. The number of hydrogen-bond donors (Lipinski definition) is 0. The van der Waals surface area contributed by atoms with Gasteiger partial charge in [-0.3, -0.25) is 0 Å². The average molecular weight is 331 g/mol. The Morgan fingerprint density at radius 3 is 2.09 bits per heavy atom. The van der Waals surface area contributed by atoms with E-state index in [1.54, 1.807) is 6.07 Å². The van der Waals surface area contributed by atoms with Crippen LogP contribution in [0.5, 0.6) is 5.75 Å². The van der Waals surface area contributed by atoms with Gasteiger partial charge in [0.1, 0.15) is 5.75 Å². The summed E-state index contributed by atoms with van der Waals surface area (Å²) in [7, 11) is 0. The lowest BCUT2D eigenvalue weighted by atomic mass is 9.97. The lowest BCUT2D eigenvalue weighted by Crippen LogP contribution is -2.17. The maximum Gasteiger partial charge on any atom is 0.573 e. The molecule has 0 fully saturated rings. The summed E-state index contributed by atoms with van der Waals surface area (Å²) in [6.07, 6.45) is -9.70. The van der Waals surface area contributed by atoms with Gasteiger partial charge in [0.2, 0.25) is 0 Å². The molecule has 0 radical (unpaired) electrons. The first kappa shape index (κ1) is 16.7. The van der Waals surface area contributed by atoms with Gasteiger partial charge in [-0.2, -0.15) is 18.4 Å². The molecule has 0 saturated heterocycles. The molecule has 0 aliphatic heterocycles. The fourth-order valence-corrected chi connectivity index (χ4v) is 1.94. The van der Waals surface area contributed by atoms with Gasteiger partial charge in [0.05, 0.1) is 17.2 Å². The molecule has 0 aliphatic carbocycles.